The largest absolute Gasteiger partial charge is 0.350 e. The van der Waals surface area contributed by atoms with E-state index in [1.807, 2.05) is 32.9 Å². The third kappa shape index (κ3) is 5.46. The Labute approximate surface area is 188 Å². The standard InChI is InChI=1S/C24H25ClN2O3S/c1-17-10-12-22(13-11-17)31(29,30)27(23-9-4-6-18(2)19(23)3)16-24(28)26-15-20-7-5-8-21(25)14-20/h4-14H,15-16H2,1-3H3,(H,26,28). The van der Waals surface area contributed by atoms with Crippen LogP contribution in [0.4, 0.5) is 5.69 Å². The summed E-state index contributed by atoms with van der Waals surface area (Å²) in [5.41, 5.74) is 4.03. The molecule has 0 aliphatic carbocycles. The quantitative estimate of drug-likeness (QED) is 0.556. The van der Waals surface area contributed by atoms with E-state index in [0.717, 1.165) is 22.3 Å². The van der Waals surface area contributed by atoms with Gasteiger partial charge in [-0.05, 0) is 67.8 Å². The van der Waals surface area contributed by atoms with Gasteiger partial charge in [-0.15, -0.1) is 0 Å². The fourth-order valence-electron chi connectivity index (χ4n) is 3.18. The summed E-state index contributed by atoms with van der Waals surface area (Å²) in [5.74, 6) is -0.406. The molecule has 5 nitrogen and oxygen atoms in total. The van der Waals surface area contributed by atoms with Crippen molar-refractivity contribution in [3.05, 3.63) is 94.0 Å². The van der Waals surface area contributed by atoms with E-state index >= 15 is 0 Å². The lowest BCUT2D eigenvalue weighted by Crippen LogP contribution is -2.41. The predicted molar refractivity (Wildman–Crippen MR) is 125 cm³/mol. The van der Waals surface area contributed by atoms with Crippen molar-refractivity contribution in [2.75, 3.05) is 10.8 Å². The highest BCUT2D eigenvalue weighted by Crippen LogP contribution is 2.28. The maximum Gasteiger partial charge on any atom is 0.264 e. The maximum atomic E-state index is 13.5. The molecule has 0 heterocycles. The molecule has 162 valence electrons. The van der Waals surface area contributed by atoms with Crippen LogP contribution >= 0.6 is 11.6 Å². The van der Waals surface area contributed by atoms with Crippen molar-refractivity contribution >= 4 is 33.2 Å². The van der Waals surface area contributed by atoms with Crippen LogP contribution in [0.25, 0.3) is 0 Å². The van der Waals surface area contributed by atoms with Gasteiger partial charge in [0.05, 0.1) is 10.6 Å². The zero-order valence-electron chi connectivity index (χ0n) is 17.7. The Morgan fingerprint density at radius 2 is 1.65 bits per heavy atom. The second kappa shape index (κ2) is 9.54. The number of amides is 1. The average molecular weight is 457 g/mol. The summed E-state index contributed by atoms with van der Waals surface area (Å²) in [4.78, 5) is 12.9. The summed E-state index contributed by atoms with van der Waals surface area (Å²) >= 11 is 6.00. The lowest BCUT2D eigenvalue weighted by Gasteiger charge is -2.26. The van der Waals surface area contributed by atoms with Gasteiger partial charge >= 0.3 is 0 Å². The summed E-state index contributed by atoms with van der Waals surface area (Å²) in [6.45, 7) is 5.58. The maximum absolute atomic E-state index is 13.5. The van der Waals surface area contributed by atoms with Crippen molar-refractivity contribution < 1.29 is 13.2 Å². The minimum absolute atomic E-state index is 0.140. The highest BCUT2D eigenvalue weighted by molar-refractivity contribution is 7.92. The van der Waals surface area contributed by atoms with Gasteiger partial charge in [-0.3, -0.25) is 9.10 Å². The fourth-order valence-corrected chi connectivity index (χ4v) is 4.87. The number of nitrogens with zero attached hydrogens (tertiary/aromatic N) is 1. The third-order valence-electron chi connectivity index (χ3n) is 5.12. The molecule has 0 saturated carbocycles. The van der Waals surface area contributed by atoms with E-state index in [1.54, 1.807) is 54.6 Å². The Kier molecular flexibility index (Phi) is 7.03. The molecule has 1 amide bonds. The molecule has 0 aliphatic rings. The second-order valence-corrected chi connectivity index (χ2v) is 9.75. The number of anilines is 1. The molecule has 7 heteroatoms. The summed E-state index contributed by atoms with van der Waals surface area (Å²) in [6.07, 6.45) is 0. The number of aryl methyl sites for hydroxylation is 2. The zero-order valence-corrected chi connectivity index (χ0v) is 19.3. The lowest BCUT2D eigenvalue weighted by molar-refractivity contribution is -0.119. The SMILES string of the molecule is Cc1ccc(S(=O)(=O)N(CC(=O)NCc2cccc(Cl)c2)c2cccc(C)c2C)cc1. The molecule has 0 fully saturated rings. The predicted octanol–water partition coefficient (Wildman–Crippen LogP) is 4.78. The number of hydrogen-bond acceptors (Lipinski definition) is 3. The first-order chi connectivity index (χ1) is 14.7. The molecule has 31 heavy (non-hydrogen) atoms. The van der Waals surface area contributed by atoms with Crippen LogP contribution in [0.15, 0.2) is 71.6 Å². The monoisotopic (exact) mass is 456 g/mol. The van der Waals surface area contributed by atoms with Crippen LogP contribution in [0, 0.1) is 20.8 Å². The third-order valence-corrected chi connectivity index (χ3v) is 7.13. The highest BCUT2D eigenvalue weighted by Gasteiger charge is 2.28. The van der Waals surface area contributed by atoms with Crippen molar-refractivity contribution in [1.82, 2.24) is 5.32 Å². The molecule has 0 unspecified atom stereocenters. The van der Waals surface area contributed by atoms with Crippen molar-refractivity contribution in [3.63, 3.8) is 0 Å². The van der Waals surface area contributed by atoms with Gasteiger partial charge in [-0.2, -0.15) is 0 Å². The first-order valence-electron chi connectivity index (χ1n) is 9.85. The van der Waals surface area contributed by atoms with Crippen molar-refractivity contribution in [2.24, 2.45) is 0 Å². The first-order valence-corrected chi connectivity index (χ1v) is 11.7. The molecule has 1 N–H and O–H groups in total. The number of carbonyl (C=O) groups is 1. The number of benzene rings is 3. The van der Waals surface area contributed by atoms with Crippen molar-refractivity contribution in [3.8, 4) is 0 Å². The Bertz CT molecular complexity index is 1190. The zero-order chi connectivity index (χ0) is 22.6. The van der Waals surface area contributed by atoms with E-state index < -0.39 is 15.9 Å². The second-order valence-electron chi connectivity index (χ2n) is 7.45. The molecule has 3 aromatic carbocycles. The minimum atomic E-state index is -3.94. The summed E-state index contributed by atoms with van der Waals surface area (Å²) in [6, 6.07) is 19.2. The van der Waals surface area contributed by atoms with Crippen LogP contribution in [-0.4, -0.2) is 20.9 Å². The molecule has 0 spiro atoms. The number of nitrogens with one attached hydrogen (secondary N) is 1. The van der Waals surface area contributed by atoms with Crippen LogP contribution in [0.1, 0.15) is 22.3 Å². The molecule has 3 rings (SSSR count). The Hall–Kier alpha value is -2.83. The van der Waals surface area contributed by atoms with Gasteiger partial charge in [0.2, 0.25) is 5.91 Å². The molecule has 0 saturated heterocycles. The molecule has 0 radical (unpaired) electrons. The number of sulfonamides is 1. The van der Waals surface area contributed by atoms with Gasteiger partial charge in [0.1, 0.15) is 6.54 Å². The lowest BCUT2D eigenvalue weighted by atomic mass is 10.1. The van der Waals surface area contributed by atoms with Crippen molar-refractivity contribution in [2.45, 2.75) is 32.2 Å². The smallest absolute Gasteiger partial charge is 0.264 e. The van der Waals surface area contributed by atoms with E-state index in [0.29, 0.717) is 10.7 Å². The van der Waals surface area contributed by atoms with Gasteiger partial charge in [-0.1, -0.05) is 53.6 Å². The van der Waals surface area contributed by atoms with Crippen molar-refractivity contribution in [1.29, 1.82) is 0 Å². The van der Waals surface area contributed by atoms with Crippen LogP contribution in [0.2, 0.25) is 5.02 Å². The van der Waals surface area contributed by atoms with Gasteiger partial charge in [0.15, 0.2) is 0 Å². The fraction of sp³-hybridized carbons (Fsp3) is 0.208. The number of hydrogen-bond donors (Lipinski definition) is 1. The number of halogens is 1. The number of carbonyl (C=O) groups excluding carboxylic acids is 1. The topological polar surface area (TPSA) is 66.5 Å². The van der Waals surface area contributed by atoms with Crippen LogP contribution in [0.3, 0.4) is 0 Å². The molecular weight excluding hydrogens is 432 g/mol. The minimum Gasteiger partial charge on any atom is -0.350 e. The normalized spacial score (nSPS) is 11.2. The number of rotatable bonds is 7. The Morgan fingerprint density at radius 3 is 2.32 bits per heavy atom. The highest BCUT2D eigenvalue weighted by atomic mass is 35.5. The van der Waals surface area contributed by atoms with E-state index in [1.165, 1.54) is 4.31 Å². The Morgan fingerprint density at radius 1 is 0.968 bits per heavy atom. The van der Waals surface area contributed by atoms with Gasteiger partial charge < -0.3 is 5.32 Å². The molecule has 0 aromatic heterocycles. The van der Waals surface area contributed by atoms with E-state index in [4.69, 9.17) is 11.6 Å². The van der Waals surface area contributed by atoms with Gasteiger partial charge in [0, 0.05) is 11.6 Å². The van der Waals surface area contributed by atoms with Crippen LogP contribution in [-0.2, 0) is 21.4 Å². The van der Waals surface area contributed by atoms with Crippen LogP contribution in [0.5, 0.6) is 0 Å². The molecule has 0 atom stereocenters. The molecule has 0 aliphatic heterocycles. The summed E-state index contributed by atoms with van der Waals surface area (Å²) < 4.78 is 28.2. The summed E-state index contributed by atoms with van der Waals surface area (Å²) in [7, 11) is -3.94. The molecule has 3 aromatic rings. The Balaban J connectivity index is 1.91. The first kappa shape index (κ1) is 22.8. The molecular formula is C24H25ClN2O3S. The van der Waals surface area contributed by atoms with Gasteiger partial charge in [0.25, 0.3) is 10.0 Å². The van der Waals surface area contributed by atoms with Gasteiger partial charge in [-0.25, -0.2) is 8.42 Å². The summed E-state index contributed by atoms with van der Waals surface area (Å²) in [5, 5.41) is 3.36. The van der Waals surface area contributed by atoms with E-state index in [9.17, 15) is 13.2 Å². The van der Waals surface area contributed by atoms with Crippen LogP contribution < -0.4 is 9.62 Å². The van der Waals surface area contributed by atoms with E-state index in [-0.39, 0.29) is 18.0 Å². The van der Waals surface area contributed by atoms with E-state index in [2.05, 4.69) is 5.32 Å². The molecule has 0 bridgehead atoms. The average Bonchev–Trinajstić information content (AvgIpc) is 2.73.